The first-order valence-corrected chi connectivity index (χ1v) is 5.67. The molecule has 94 valence electrons. The van der Waals surface area contributed by atoms with Crippen LogP contribution in [-0.2, 0) is 4.74 Å². The summed E-state index contributed by atoms with van der Waals surface area (Å²) < 4.78 is 5.38. The predicted molar refractivity (Wildman–Crippen MR) is 66.2 cm³/mol. The molecule has 1 aromatic carbocycles. The second-order valence-corrected chi connectivity index (χ2v) is 4.19. The van der Waals surface area contributed by atoms with Gasteiger partial charge in [-0.3, -0.25) is 4.79 Å². The quantitative estimate of drug-likeness (QED) is 0.850. The van der Waals surface area contributed by atoms with Crippen LogP contribution >= 0.6 is 0 Å². The van der Waals surface area contributed by atoms with Crippen LogP contribution in [0, 0.1) is 0 Å². The number of ether oxygens (including phenoxy) is 1. The maximum absolute atomic E-state index is 11.9. The van der Waals surface area contributed by atoms with Crippen LogP contribution in [0.5, 0.6) is 5.75 Å². The Kier molecular flexibility index (Phi) is 4.97. The van der Waals surface area contributed by atoms with Crippen LogP contribution in [0.2, 0.25) is 0 Å². The zero-order valence-corrected chi connectivity index (χ0v) is 10.5. The highest BCUT2D eigenvalue weighted by atomic mass is 16.5. The van der Waals surface area contributed by atoms with Gasteiger partial charge >= 0.3 is 0 Å². The van der Waals surface area contributed by atoms with Crippen molar-refractivity contribution in [3.63, 3.8) is 0 Å². The monoisotopic (exact) mass is 237 g/mol. The third-order valence-corrected chi connectivity index (χ3v) is 2.34. The smallest absolute Gasteiger partial charge is 0.253 e. The summed E-state index contributed by atoms with van der Waals surface area (Å²) in [4.78, 5) is 13.5. The Hall–Kier alpha value is -1.55. The molecule has 0 aromatic heterocycles. The van der Waals surface area contributed by atoms with Gasteiger partial charge in [0.15, 0.2) is 0 Å². The lowest BCUT2D eigenvalue weighted by Crippen LogP contribution is -2.30. The molecule has 1 aromatic rings. The molecule has 4 heteroatoms. The van der Waals surface area contributed by atoms with Crippen LogP contribution in [-0.4, -0.2) is 42.2 Å². The van der Waals surface area contributed by atoms with Crippen LogP contribution in [0.3, 0.4) is 0 Å². The summed E-state index contributed by atoms with van der Waals surface area (Å²) in [6.07, 6.45) is 0.173. The number of phenols is 1. The first-order chi connectivity index (χ1) is 8.00. The van der Waals surface area contributed by atoms with Gasteiger partial charge < -0.3 is 14.7 Å². The minimum atomic E-state index is -0.0719. The molecule has 0 aliphatic heterocycles. The van der Waals surface area contributed by atoms with E-state index in [-0.39, 0.29) is 17.8 Å². The number of nitrogens with zero attached hydrogens (tertiary/aromatic N) is 1. The number of carbonyl (C=O) groups is 1. The molecule has 0 fully saturated rings. The number of amides is 1. The van der Waals surface area contributed by atoms with E-state index in [0.717, 1.165) is 0 Å². The fraction of sp³-hybridized carbons (Fsp3) is 0.462. The van der Waals surface area contributed by atoms with Crippen LogP contribution in [0.4, 0.5) is 0 Å². The largest absolute Gasteiger partial charge is 0.508 e. The van der Waals surface area contributed by atoms with Crippen molar-refractivity contribution < 1.29 is 14.6 Å². The van der Waals surface area contributed by atoms with E-state index < -0.39 is 0 Å². The summed E-state index contributed by atoms with van der Waals surface area (Å²) in [6, 6.07) is 6.23. The maximum atomic E-state index is 11.9. The second kappa shape index (κ2) is 6.25. The van der Waals surface area contributed by atoms with E-state index in [0.29, 0.717) is 18.7 Å². The number of phenolic OH excluding ortho intramolecular Hbond substituents is 1. The summed E-state index contributed by atoms with van der Waals surface area (Å²) in [7, 11) is 1.73. The number of hydrogen-bond acceptors (Lipinski definition) is 3. The van der Waals surface area contributed by atoms with E-state index in [1.807, 2.05) is 13.8 Å². The van der Waals surface area contributed by atoms with Gasteiger partial charge in [-0.2, -0.15) is 0 Å². The lowest BCUT2D eigenvalue weighted by Gasteiger charge is -2.18. The van der Waals surface area contributed by atoms with Crippen molar-refractivity contribution in [3.05, 3.63) is 29.8 Å². The van der Waals surface area contributed by atoms with Crippen LogP contribution < -0.4 is 0 Å². The van der Waals surface area contributed by atoms with E-state index in [9.17, 15) is 4.79 Å². The van der Waals surface area contributed by atoms with Gasteiger partial charge in [-0.05, 0) is 38.1 Å². The first-order valence-electron chi connectivity index (χ1n) is 5.67. The highest BCUT2D eigenvalue weighted by Gasteiger charge is 2.11. The van der Waals surface area contributed by atoms with Gasteiger partial charge in [0.1, 0.15) is 5.75 Å². The SMILES string of the molecule is CC(C)OCCN(C)C(=O)c1ccc(O)cc1. The van der Waals surface area contributed by atoms with Crippen molar-refractivity contribution in [2.75, 3.05) is 20.2 Å². The van der Waals surface area contributed by atoms with E-state index in [1.165, 1.54) is 12.1 Å². The molecule has 0 saturated carbocycles. The number of hydrogen-bond donors (Lipinski definition) is 1. The molecule has 0 unspecified atom stereocenters. The average Bonchev–Trinajstić information content (AvgIpc) is 2.28. The van der Waals surface area contributed by atoms with Crippen molar-refractivity contribution in [2.45, 2.75) is 20.0 Å². The first kappa shape index (κ1) is 13.5. The number of benzene rings is 1. The summed E-state index contributed by atoms with van der Waals surface area (Å²) >= 11 is 0. The molecular weight excluding hydrogens is 218 g/mol. The standard InChI is InChI=1S/C13H19NO3/c1-10(2)17-9-8-14(3)13(16)11-4-6-12(15)7-5-11/h4-7,10,15H,8-9H2,1-3H3. The average molecular weight is 237 g/mol. The topological polar surface area (TPSA) is 49.8 Å². The highest BCUT2D eigenvalue weighted by molar-refractivity contribution is 5.94. The summed E-state index contributed by atoms with van der Waals surface area (Å²) in [6.45, 7) is 5.00. The minimum absolute atomic E-state index is 0.0719. The van der Waals surface area contributed by atoms with Crippen LogP contribution in [0.15, 0.2) is 24.3 Å². The minimum Gasteiger partial charge on any atom is -0.508 e. The summed E-state index contributed by atoms with van der Waals surface area (Å²) in [5.41, 5.74) is 0.565. The number of carbonyl (C=O) groups excluding carboxylic acids is 1. The Morgan fingerprint density at radius 1 is 1.35 bits per heavy atom. The predicted octanol–water partition coefficient (Wildman–Crippen LogP) is 1.89. The van der Waals surface area contributed by atoms with E-state index in [1.54, 1.807) is 24.1 Å². The van der Waals surface area contributed by atoms with Crippen molar-refractivity contribution in [1.82, 2.24) is 4.90 Å². The van der Waals surface area contributed by atoms with Gasteiger partial charge in [-0.15, -0.1) is 0 Å². The molecule has 0 bridgehead atoms. The summed E-state index contributed by atoms with van der Waals surface area (Å²) in [5, 5.41) is 9.13. The third-order valence-electron chi connectivity index (χ3n) is 2.34. The lowest BCUT2D eigenvalue weighted by molar-refractivity contribution is 0.0532. The molecule has 0 radical (unpaired) electrons. The van der Waals surface area contributed by atoms with Crippen LogP contribution in [0.1, 0.15) is 24.2 Å². The number of likely N-dealkylation sites (N-methyl/N-ethyl adjacent to an activating group) is 1. The Bertz CT molecular complexity index is 359. The second-order valence-electron chi connectivity index (χ2n) is 4.19. The van der Waals surface area contributed by atoms with Gasteiger partial charge in [-0.1, -0.05) is 0 Å². The fourth-order valence-corrected chi connectivity index (χ4v) is 1.35. The molecule has 4 nitrogen and oxygen atoms in total. The van der Waals surface area contributed by atoms with E-state index in [4.69, 9.17) is 9.84 Å². The molecule has 0 aliphatic rings. The van der Waals surface area contributed by atoms with Crippen molar-refractivity contribution >= 4 is 5.91 Å². The molecule has 1 rings (SSSR count). The molecular formula is C13H19NO3. The normalized spacial score (nSPS) is 10.6. The Labute approximate surface area is 102 Å². The summed E-state index contributed by atoms with van der Waals surface area (Å²) in [5.74, 6) is 0.0877. The van der Waals surface area contributed by atoms with Crippen LogP contribution in [0.25, 0.3) is 0 Å². The number of aromatic hydroxyl groups is 1. The number of rotatable bonds is 5. The van der Waals surface area contributed by atoms with Gasteiger partial charge in [0.2, 0.25) is 0 Å². The third kappa shape index (κ3) is 4.44. The van der Waals surface area contributed by atoms with Gasteiger partial charge in [0, 0.05) is 19.2 Å². The maximum Gasteiger partial charge on any atom is 0.253 e. The molecule has 1 amide bonds. The van der Waals surface area contributed by atoms with Gasteiger partial charge in [0.25, 0.3) is 5.91 Å². The molecule has 0 spiro atoms. The fourth-order valence-electron chi connectivity index (χ4n) is 1.35. The molecule has 0 heterocycles. The molecule has 0 atom stereocenters. The van der Waals surface area contributed by atoms with Gasteiger partial charge in [0.05, 0.1) is 12.7 Å². The van der Waals surface area contributed by atoms with Gasteiger partial charge in [-0.25, -0.2) is 0 Å². The zero-order chi connectivity index (χ0) is 12.8. The Balaban J connectivity index is 2.49. The van der Waals surface area contributed by atoms with Crippen molar-refractivity contribution in [3.8, 4) is 5.75 Å². The van der Waals surface area contributed by atoms with Crippen molar-refractivity contribution in [2.24, 2.45) is 0 Å². The molecule has 1 N–H and O–H groups in total. The Morgan fingerprint density at radius 3 is 2.47 bits per heavy atom. The van der Waals surface area contributed by atoms with E-state index >= 15 is 0 Å². The molecule has 17 heavy (non-hydrogen) atoms. The van der Waals surface area contributed by atoms with E-state index in [2.05, 4.69) is 0 Å². The molecule has 0 aliphatic carbocycles. The lowest BCUT2D eigenvalue weighted by atomic mass is 10.2. The zero-order valence-electron chi connectivity index (χ0n) is 10.5. The Morgan fingerprint density at radius 2 is 1.94 bits per heavy atom. The highest BCUT2D eigenvalue weighted by Crippen LogP contribution is 2.11. The molecule has 0 saturated heterocycles. The van der Waals surface area contributed by atoms with Crippen molar-refractivity contribution in [1.29, 1.82) is 0 Å².